The molecule has 0 aromatic heterocycles. The van der Waals surface area contributed by atoms with E-state index in [0.717, 1.165) is 11.3 Å². The summed E-state index contributed by atoms with van der Waals surface area (Å²) < 4.78 is 5.19. The summed E-state index contributed by atoms with van der Waals surface area (Å²) in [5, 5.41) is 9.28. The van der Waals surface area contributed by atoms with Gasteiger partial charge in [0.2, 0.25) is 0 Å². The molecule has 1 N–H and O–H groups in total. The van der Waals surface area contributed by atoms with E-state index in [2.05, 4.69) is 0 Å². The molecule has 1 aliphatic heterocycles. The Morgan fingerprint density at radius 3 is 2.63 bits per heavy atom. The predicted octanol–water partition coefficient (Wildman–Crippen LogP) is 0.677. The Morgan fingerprint density at radius 1 is 1.42 bits per heavy atom. The lowest BCUT2D eigenvalue weighted by Crippen LogP contribution is -2.53. The van der Waals surface area contributed by atoms with E-state index in [0.29, 0.717) is 6.54 Å². The highest BCUT2D eigenvalue weighted by Crippen LogP contribution is 2.20. The number of hydrogen-bond acceptors (Lipinski definition) is 4. The summed E-state index contributed by atoms with van der Waals surface area (Å²) >= 11 is 0. The van der Waals surface area contributed by atoms with Crippen LogP contribution in [0.2, 0.25) is 0 Å². The van der Waals surface area contributed by atoms with Crippen LogP contribution < -0.4 is 4.90 Å². The van der Waals surface area contributed by atoms with Crippen molar-refractivity contribution in [2.45, 2.75) is 26.1 Å². The normalized spacial score (nSPS) is 21.3. The van der Waals surface area contributed by atoms with Gasteiger partial charge >= 0.3 is 0 Å². The first-order chi connectivity index (χ1) is 9.00. The van der Waals surface area contributed by atoms with Crippen LogP contribution in [0, 0.1) is 6.92 Å². The van der Waals surface area contributed by atoms with Crippen molar-refractivity contribution >= 4 is 17.4 Å². The maximum Gasteiger partial charge on any atom is 0.264 e. The second-order valence-corrected chi connectivity index (χ2v) is 4.65. The second-order valence-electron chi connectivity index (χ2n) is 4.65. The number of aliphatic hydroxyl groups is 1. The molecule has 1 saturated heterocycles. The maximum atomic E-state index is 12.2. The number of ether oxygens (including phenoxy) is 1. The molecule has 1 aromatic rings. The summed E-state index contributed by atoms with van der Waals surface area (Å²) in [5.41, 5.74) is 1.84. The first kappa shape index (κ1) is 13.7. The van der Waals surface area contributed by atoms with E-state index in [1.807, 2.05) is 31.2 Å². The lowest BCUT2D eigenvalue weighted by Gasteiger charge is -2.32. The quantitative estimate of drug-likeness (QED) is 0.814. The molecule has 1 aliphatic rings. The number of nitrogens with zero attached hydrogens (tertiary/aromatic N) is 1. The molecule has 1 fully saturated rings. The Balaban J connectivity index is 2.21. The van der Waals surface area contributed by atoms with Crippen LogP contribution in [0.3, 0.4) is 0 Å². The fourth-order valence-corrected chi connectivity index (χ4v) is 1.99. The third-order valence-electron chi connectivity index (χ3n) is 3.11. The highest BCUT2D eigenvalue weighted by molar-refractivity contribution is 6.12. The fourth-order valence-electron chi connectivity index (χ4n) is 1.99. The molecule has 2 atom stereocenters. The van der Waals surface area contributed by atoms with Gasteiger partial charge in [0.05, 0.1) is 6.61 Å². The molecule has 0 aliphatic carbocycles. The van der Waals surface area contributed by atoms with E-state index in [1.165, 1.54) is 11.8 Å². The molecule has 0 radical (unpaired) electrons. The van der Waals surface area contributed by atoms with Crippen molar-refractivity contribution in [1.82, 2.24) is 0 Å². The molecule has 0 spiro atoms. The molecule has 1 aromatic carbocycles. The van der Waals surface area contributed by atoms with Crippen molar-refractivity contribution in [2.75, 3.05) is 18.1 Å². The minimum absolute atomic E-state index is 0.280. The number of benzene rings is 1. The van der Waals surface area contributed by atoms with Gasteiger partial charge in [-0.15, -0.1) is 0 Å². The molecular weight excluding hydrogens is 246 g/mol. The topological polar surface area (TPSA) is 66.8 Å². The van der Waals surface area contributed by atoms with Gasteiger partial charge in [-0.1, -0.05) is 17.7 Å². The molecule has 19 heavy (non-hydrogen) atoms. The molecule has 0 bridgehead atoms. The summed E-state index contributed by atoms with van der Waals surface area (Å²) in [6.45, 7) is 3.99. The van der Waals surface area contributed by atoms with Crippen LogP contribution in [0.5, 0.6) is 0 Å². The molecular formula is C14H17NO4. The van der Waals surface area contributed by atoms with Crippen molar-refractivity contribution in [3.05, 3.63) is 29.8 Å². The van der Waals surface area contributed by atoms with Crippen LogP contribution in [0.15, 0.2) is 24.3 Å². The van der Waals surface area contributed by atoms with Gasteiger partial charge in [-0.05, 0) is 26.0 Å². The largest absolute Gasteiger partial charge is 0.385 e. The molecule has 5 heteroatoms. The van der Waals surface area contributed by atoms with Crippen LogP contribution >= 0.6 is 0 Å². The van der Waals surface area contributed by atoms with Crippen molar-refractivity contribution in [2.24, 2.45) is 0 Å². The summed E-state index contributed by atoms with van der Waals surface area (Å²) in [6.07, 6.45) is -2.40. The number of carbonyl (C=O) groups excluding carboxylic acids is 2. The van der Waals surface area contributed by atoms with Gasteiger partial charge in [-0.25, -0.2) is 0 Å². The van der Waals surface area contributed by atoms with Gasteiger partial charge in [-0.2, -0.15) is 0 Å². The first-order valence-electron chi connectivity index (χ1n) is 6.22. The van der Waals surface area contributed by atoms with E-state index in [1.54, 1.807) is 0 Å². The van der Waals surface area contributed by atoms with Gasteiger partial charge in [0.15, 0.2) is 11.9 Å². The average Bonchev–Trinajstić information content (AvgIpc) is 2.39. The number of amides is 1. The van der Waals surface area contributed by atoms with Crippen LogP contribution in [0.4, 0.5) is 5.69 Å². The minimum atomic E-state index is -1.20. The Labute approximate surface area is 111 Å². The van der Waals surface area contributed by atoms with Crippen LogP contribution in [0.25, 0.3) is 0 Å². The zero-order chi connectivity index (χ0) is 14.0. The second kappa shape index (κ2) is 5.50. The fraction of sp³-hybridized carbons (Fsp3) is 0.429. The Bertz CT molecular complexity index is 481. The predicted molar refractivity (Wildman–Crippen MR) is 70.0 cm³/mol. The number of anilines is 1. The van der Waals surface area contributed by atoms with Crippen LogP contribution in [-0.2, 0) is 14.3 Å². The summed E-state index contributed by atoms with van der Waals surface area (Å²) in [4.78, 5) is 25.5. The Kier molecular flexibility index (Phi) is 3.97. The smallest absolute Gasteiger partial charge is 0.264 e. The van der Waals surface area contributed by atoms with Gasteiger partial charge in [0.25, 0.3) is 5.91 Å². The number of morpholine rings is 1. The van der Waals surface area contributed by atoms with Gasteiger partial charge < -0.3 is 14.7 Å². The molecule has 1 heterocycles. The number of aryl methyl sites for hydroxylation is 1. The van der Waals surface area contributed by atoms with E-state index < -0.39 is 23.9 Å². The van der Waals surface area contributed by atoms with Gasteiger partial charge in [0, 0.05) is 12.2 Å². The number of Topliss-reactive ketones (excluding diaryl/α,β-unsaturated/α-hetero) is 1. The van der Waals surface area contributed by atoms with E-state index in [4.69, 9.17) is 4.74 Å². The van der Waals surface area contributed by atoms with Crippen LogP contribution in [0.1, 0.15) is 12.5 Å². The highest BCUT2D eigenvalue weighted by atomic mass is 16.5. The third kappa shape index (κ3) is 2.83. The summed E-state index contributed by atoms with van der Waals surface area (Å²) in [7, 11) is 0. The van der Waals surface area contributed by atoms with E-state index in [9.17, 15) is 14.7 Å². The Hall–Kier alpha value is -1.72. The number of rotatable bonds is 3. The molecule has 1 amide bonds. The van der Waals surface area contributed by atoms with E-state index >= 15 is 0 Å². The van der Waals surface area contributed by atoms with Crippen molar-refractivity contribution in [3.63, 3.8) is 0 Å². The Morgan fingerprint density at radius 2 is 2.05 bits per heavy atom. The van der Waals surface area contributed by atoms with Gasteiger partial charge in [-0.3, -0.25) is 9.59 Å². The van der Waals surface area contributed by atoms with Crippen LogP contribution in [-0.4, -0.2) is 42.2 Å². The summed E-state index contributed by atoms with van der Waals surface area (Å²) in [5.74, 6) is -1.01. The SMILES string of the molecule is Cc1ccc(N2CCOC(C(=O)C(C)O)C2=O)cc1. The number of hydrogen-bond donors (Lipinski definition) is 1. The monoisotopic (exact) mass is 263 g/mol. The molecule has 2 unspecified atom stereocenters. The number of carbonyl (C=O) groups is 2. The molecule has 2 rings (SSSR count). The zero-order valence-corrected chi connectivity index (χ0v) is 11.0. The molecule has 102 valence electrons. The molecule has 0 saturated carbocycles. The highest BCUT2D eigenvalue weighted by Gasteiger charge is 2.37. The third-order valence-corrected chi connectivity index (χ3v) is 3.11. The minimum Gasteiger partial charge on any atom is -0.385 e. The lowest BCUT2D eigenvalue weighted by atomic mass is 10.1. The summed E-state index contributed by atoms with van der Waals surface area (Å²) in [6, 6.07) is 7.48. The maximum absolute atomic E-state index is 12.2. The zero-order valence-electron chi connectivity index (χ0n) is 11.0. The van der Waals surface area contributed by atoms with E-state index in [-0.39, 0.29) is 6.61 Å². The lowest BCUT2D eigenvalue weighted by molar-refractivity contribution is -0.150. The van der Waals surface area contributed by atoms with Crippen molar-refractivity contribution < 1.29 is 19.4 Å². The average molecular weight is 263 g/mol. The number of ketones is 1. The molecule has 5 nitrogen and oxygen atoms in total. The first-order valence-corrected chi connectivity index (χ1v) is 6.22. The van der Waals surface area contributed by atoms with Crippen molar-refractivity contribution in [1.29, 1.82) is 0 Å². The number of aliphatic hydroxyl groups excluding tert-OH is 1. The van der Waals surface area contributed by atoms with Crippen molar-refractivity contribution in [3.8, 4) is 0 Å². The standard InChI is InChI=1S/C14H17NO4/c1-9-3-5-11(6-4-9)15-7-8-19-13(14(15)18)12(17)10(2)16/h3-6,10,13,16H,7-8H2,1-2H3. The van der Waals surface area contributed by atoms with Gasteiger partial charge in [0.1, 0.15) is 6.10 Å².